The Morgan fingerprint density at radius 2 is 1.62 bits per heavy atom. The summed E-state index contributed by atoms with van der Waals surface area (Å²) in [4.78, 5) is 11.4. The minimum atomic E-state index is -0.183. The molecule has 0 N–H and O–H groups in total. The Kier molecular flexibility index (Phi) is 5.33. The van der Waals surface area contributed by atoms with Crippen LogP contribution < -0.4 is 0 Å². The summed E-state index contributed by atoms with van der Waals surface area (Å²) in [5, 5.41) is 0. The maximum Gasteiger partial charge on any atom is 0.309 e. The van der Waals surface area contributed by atoms with E-state index < -0.39 is 0 Å². The molecule has 0 aliphatic carbocycles. The highest BCUT2D eigenvalue weighted by molar-refractivity contribution is 5.76. The van der Waals surface area contributed by atoms with Crippen LogP contribution >= 0.6 is 0 Å². The maximum absolute atomic E-state index is 11.4. The van der Waals surface area contributed by atoms with Gasteiger partial charge < -0.3 is 4.74 Å². The first-order chi connectivity index (χ1) is 10.2. The van der Waals surface area contributed by atoms with Gasteiger partial charge in [0.15, 0.2) is 0 Å². The lowest BCUT2D eigenvalue weighted by Crippen LogP contribution is -2.01. The number of allylic oxidation sites excluding steroid dienone is 1. The second-order valence-electron chi connectivity index (χ2n) is 4.84. The number of carbonyl (C=O) groups is 1. The Balaban J connectivity index is 2.08. The molecule has 0 bridgehead atoms. The van der Waals surface area contributed by atoms with Crippen molar-refractivity contribution in [3.05, 3.63) is 66.2 Å². The van der Waals surface area contributed by atoms with Gasteiger partial charge in [0.25, 0.3) is 0 Å². The molecule has 0 spiro atoms. The van der Waals surface area contributed by atoms with Crippen molar-refractivity contribution >= 4 is 11.5 Å². The van der Waals surface area contributed by atoms with Crippen molar-refractivity contribution in [2.75, 3.05) is 6.61 Å². The molecule has 2 heteroatoms. The molecule has 2 aromatic rings. The standard InChI is InChI=1S/C19H20O2/c1-3-21-19(20)14-9-15(2)16-10-12-18(13-11-16)17-7-5-4-6-8-17/h4-13H,3,14H2,1-2H3. The van der Waals surface area contributed by atoms with E-state index in [9.17, 15) is 4.79 Å². The highest BCUT2D eigenvalue weighted by Gasteiger charge is 2.01. The normalized spacial score (nSPS) is 11.2. The average molecular weight is 280 g/mol. The van der Waals surface area contributed by atoms with E-state index in [4.69, 9.17) is 4.74 Å². The Morgan fingerprint density at radius 3 is 2.24 bits per heavy atom. The summed E-state index contributed by atoms with van der Waals surface area (Å²) < 4.78 is 4.92. The Labute approximate surface area is 126 Å². The SMILES string of the molecule is CCOC(=O)CC=C(C)c1ccc(-c2ccccc2)cc1. The van der Waals surface area contributed by atoms with Crippen molar-refractivity contribution in [1.82, 2.24) is 0 Å². The molecule has 0 radical (unpaired) electrons. The zero-order valence-corrected chi connectivity index (χ0v) is 12.5. The van der Waals surface area contributed by atoms with Crippen LogP contribution in [0.15, 0.2) is 60.7 Å². The number of benzene rings is 2. The van der Waals surface area contributed by atoms with Gasteiger partial charge in [0.1, 0.15) is 0 Å². The zero-order valence-electron chi connectivity index (χ0n) is 12.5. The van der Waals surface area contributed by atoms with Crippen molar-refractivity contribution in [2.24, 2.45) is 0 Å². The summed E-state index contributed by atoms with van der Waals surface area (Å²) in [7, 11) is 0. The second kappa shape index (κ2) is 7.44. The summed E-state index contributed by atoms with van der Waals surface area (Å²) in [5.74, 6) is -0.183. The molecular weight excluding hydrogens is 260 g/mol. The number of rotatable bonds is 5. The minimum absolute atomic E-state index is 0.183. The molecular formula is C19H20O2. The first-order valence-electron chi connectivity index (χ1n) is 7.19. The van der Waals surface area contributed by atoms with E-state index in [-0.39, 0.29) is 5.97 Å². The topological polar surface area (TPSA) is 26.3 Å². The van der Waals surface area contributed by atoms with Crippen LogP contribution in [0.1, 0.15) is 25.8 Å². The summed E-state index contributed by atoms with van der Waals surface area (Å²) in [6.07, 6.45) is 2.23. The van der Waals surface area contributed by atoms with Crippen LogP contribution in [0.5, 0.6) is 0 Å². The van der Waals surface area contributed by atoms with Gasteiger partial charge in [-0.05, 0) is 36.1 Å². The van der Waals surface area contributed by atoms with E-state index in [0.717, 1.165) is 11.1 Å². The predicted molar refractivity (Wildman–Crippen MR) is 86.8 cm³/mol. The lowest BCUT2D eigenvalue weighted by molar-refractivity contribution is -0.142. The van der Waals surface area contributed by atoms with E-state index >= 15 is 0 Å². The Bertz CT molecular complexity index is 610. The summed E-state index contributed by atoms with van der Waals surface area (Å²) in [5.41, 5.74) is 4.61. The van der Waals surface area contributed by atoms with E-state index in [2.05, 4.69) is 36.4 Å². The lowest BCUT2D eigenvalue weighted by Gasteiger charge is -2.05. The molecule has 0 aliphatic rings. The van der Waals surface area contributed by atoms with Crippen LogP contribution in [0.2, 0.25) is 0 Å². The van der Waals surface area contributed by atoms with Crippen LogP contribution in [0.25, 0.3) is 16.7 Å². The highest BCUT2D eigenvalue weighted by atomic mass is 16.5. The third-order valence-corrected chi connectivity index (χ3v) is 3.33. The predicted octanol–water partition coefficient (Wildman–Crippen LogP) is 4.71. The molecule has 0 fully saturated rings. The van der Waals surface area contributed by atoms with Gasteiger partial charge in [-0.1, -0.05) is 60.7 Å². The summed E-state index contributed by atoms with van der Waals surface area (Å²) >= 11 is 0. The number of carbonyl (C=O) groups excluding carboxylic acids is 1. The second-order valence-corrected chi connectivity index (χ2v) is 4.84. The van der Waals surface area contributed by atoms with Gasteiger partial charge in [-0.15, -0.1) is 0 Å². The summed E-state index contributed by atoms with van der Waals surface area (Å²) in [6, 6.07) is 18.6. The first-order valence-corrected chi connectivity index (χ1v) is 7.19. The minimum Gasteiger partial charge on any atom is -0.466 e. The van der Waals surface area contributed by atoms with Crippen molar-refractivity contribution in [2.45, 2.75) is 20.3 Å². The van der Waals surface area contributed by atoms with E-state index in [1.165, 1.54) is 11.1 Å². The molecule has 0 aliphatic heterocycles. The fourth-order valence-corrected chi connectivity index (χ4v) is 2.13. The maximum atomic E-state index is 11.4. The molecule has 0 saturated carbocycles. The van der Waals surface area contributed by atoms with Crippen LogP contribution in [0, 0.1) is 0 Å². The van der Waals surface area contributed by atoms with Gasteiger partial charge in [-0.25, -0.2) is 0 Å². The summed E-state index contributed by atoms with van der Waals surface area (Å²) in [6.45, 7) is 4.25. The number of hydrogen-bond donors (Lipinski definition) is 0. The van der Waals surface area contributed by atoms with Gasteiger partial charge >= 0.3 is 5.97 Å². The van der Waals surface area contributed by atoms with Crippen molar-refractivity contribution in [3.63, 3.8) is 0 Å². The molecule has 0 amide bonds. The van der Waals surface area contributed by atoms with Crippen LogP contribution in [-0.2, 0) is 9.53 Å². The third-order valence-electron chi connectivity index (χ3n) is 3.33. The first kappa shape index (κ1) is 15.0. The smallest absolute Gasteiger partial charge is 0.309 e. The van der Waals surface area contributed by atoms with Crippen molar-refractivity contribution < 1.29 is 9.53 Å². The van der Waals surface area contributed by atoms with E-state index in [1.54, 1.807) is 0 Å². The number of esters is 1. The number of ether oxygens (including phenoxy) is 1. The van der Waals surface area contributed by atoms with Gasteiger partial charge in [0.05, 0.1) is 13.0 Å². The Morgan fingerprint density at radius 1 is 1.00 bits per heavy atom. The highest BCUT2D eigenvalue weighted by Crippen LogP contribution is 2.22. The van der Waals surface area contributed by atoms with Crippen molar-refractivity contribution in [1.29, 1.82) is 0 Å². The van der Waals surface area contributed by atoms with E-state index in [0.29, 0.717) is 13.0 Å². The molecule has 0 atom stereocenters. The molecule has 2 rings (SSSR count). The van der Waals surface area contributed by atoms with Gasteiger partial charge in [0.2, 0.25) is 0 Å². The Hall–Kier alpha value is -2.35. The lowest BCUT2D eigenvalue weighted by atomic mass is 10.0. The monoisotopic (exact) mass is 280 g/mol. The quantitative estimate of drug-likeness (QED) is 0.741. The molecule has 0 aromatic heterocycles. The number of hydrogen-bond acceptors (Lipinski definition) is 2. The third kappa shape index (κ3) is 4.32. The molecule has 0 heterocycles. The molecule has 108 valence electrons. The van der Waals surface area contributed by atoms with E-state index in [1.807, 2.05) is 38.1 Å². The van der Waals surface area contributed by atoms with Crippen LogP contribution in [-0.4, -0.2) is 12.6 Å². The fourth-order valence-electron chi connectivity index (χ4n) is 2.13. The fraction of sp³-hybridized carbons (Fsp3) is 0.211. The van der Waals surface area contributed by atoms with Crippen molar-refractivity contribution in [3.8, 4) is 11.1 Å². The molecule has 2 aromatic carbocycles. The zero-order chi connectivity index (χ0) is 15.1. The molecule has 21 heavy (non-hydrogen) atoms. The average Bonchev–Trinajstić information content (AvgIpc) is 2.54. The van der Waals surface area contributed by atoms with Crippen LogP contribution in [0.4, 0.5) is 0 Å². The molecule has 0 unspecified atom stereocenters. The largest absolute Gasteiger partial charge is 0.466 e. The van der Waals surface area contributed by atoms with Gasteiger partial charge in [-0.2, -0.15) is 0 Å². The van der Waals surface area contributed by atoms with Gasteiger partial charge in [0, 0.05) is 0 Å². The van der Waals surface area contributed by atoms with Gasteiger partial charge in [-0.3, -0.25) is 4.79 Å². The van der Waals surface area contributed by atoms with Crippen LogP contribution in [0.3, 0.4) is 0 Å². The molecule has 0 saturated heterocycles. The molecule has 2 nitrogen and oxygen atoms in total.